The highest BCUT2D eigenvalue weighted by atomic mass is 32.1. The van der Waals surface area contributed by atoms with Crippen LogP contribution >= 0.6 is 11.3 Å². The lowest BCUT2D eigenvalue weighted by atomic mass is 9.99. The van der Waals surface area contributed by atoms with Crippen LogP contribution in [0.3, 0.4) is 0 Å². The van der Waals surface area contributed by atoms with E-state index in [1.54, 1.807) is 11.1 Å². The Morgan fingerprint density at radius 2 is 2.10 bits per heavy atom. The molecule has 1 aliphatic heterocycles. The normalized spacial score (nSPS) is 15.7. The Morgan fingerprint density at radius 3 is 2.86 bits per heavy atom. The maximum absolute atomic E-state index is 3.42. The van der Waals surface area contributed by atoms with E-state index in [1.165, 1.54) is 27.8 Å². The summed E-state index contributed by atoms with van der Waals surface area (Å²) in [6.45, 7) is 3.28. The predicted octanol–water partition coefficient (Wildman–Crippen LogP) is 3.77. The van der Waals surface area contributed by atoms with Gasteiger partial charge in [0.25, 0.3) is 0 Å². The van der Waals surface area contributed by atoms with Crippen LogP contribution in [0.25, 0.3) is 15.7 Å². The molecule has 0 unspecified atom stereocenters. The van der Waals surface area contributed by atoms with E-state index >= 15 is 0 Å². The summed E-state index contributed by atoms with van der Waals surface area (Å²) in [4.78, 5) is 3.81. The van der Waals surface area contributed by atoms with Crippen molar-refractivity contribution in [1.82, 2.24) is 10.2 Å². The molecular formula is C18H24N2S. The van der Waals surface area contributed by atoms with Gasteiger partial charge in [0, 0.05) is 16.1 Å². The Balaban J connectivity index is 1.95. The molecule has 0 aliphatic carbocycles. The van der Waals surface area contributed by atoms with E-state index in [2.05, 4.69) is 54.7 Å². The SMILES string of the molecule is CN(C)CCCc1c(C2=CCNCC2)sc2ccccc12. The van der Waals surface area contributed by atoms with Crippen molar-refractivity contribution in [3.63, 3.8) is 0 Å². The first-order valence-corrected chi connectivity index (χ1v) is 8.62. The van der Waals surface area contributed by atoms with Gasteiger partial charge in [-0.1, -0.05) is 24.3 Å². The van der Waals surface area contributed by atoms with Crippen molar-refractivity contribution in [2.45, 2.75) is 19.3 Å². The molecule has 1 aliphatic rings. The fourth-order valence-corrected chi connectivity index (χ4v) is 4.33. The van der Waals surface area contributed by atoms with Gasteiger partial charge in [-0.15, -0.1) is 11.3 Å². The van der Waals surface area contributed by atoms with Gasteiger partial charge in [-0.3, -0.25) is 0 Å². The molecule has 2 nitrogen and oxygen atoms in total. The van der Waals surface area contributed by atoms with E-state index in [4.69, 9.17) is 0 Å². The molecule has 0 atom stereocenters. The second-order valence-electron chi connectivity index (χ2n) is 6.00. The molecule has 2 heterocycles. The Hall–Kier alpha value is -1.16. The third kappa shape index (κ3) is 3.37. The molecular weight excluding hydrogens is 276 g/mol. The van der Waals surface area contributed by atoms with Gasteiger partial charge in [0.1, 0.15) is 0 Å². The minimum atomic E-state index is 1.01. The molecule has 3 heteroatoms. The average Bonchev–Trinajstić information content (AvgIpc) is 2.87. The second-order valence-corrected chi connectivity index (χ2v) is 7.05. The molecule has 1 aromatic heterocycles. The summed E-state index contributed by atoms with van der Waals surface area (Å²) in [5, 5.41) is 4.89. The number of hydrogen-bond acceptors (Lipinski definition) is 3. The van der Waals surface area contributed by atoms with Crippen molar-refractivity contribution in [2.75, 3.05) is 33.7 Å². The molecule has 112 valence electrons. The number of hydrogen-bond donors (Lipinski definition) is 1. The van der Waals surface area contributed by atoms with E-state index in [0.717, 1.165) is 26.1 Å². The monoisotopic (exact) mass is 300 g/mol. The van der Waals surface area contributed by atoms with Crippen molar-refractivity contribution in [2.24, 2.45) is 0 Å². The average molecular weight is 300 g/mol. The highest BCUT2D eigenvalue weighted by Gasteiger charge is 2.16. The lowest BCUT2D eigenvalue weighted by Crippen LogP contribution is -2.20. The number of fused-ring (bicyclic) bond motifs is 1. The van der Waals surface area contributed by atoms with Gasteiger partial charge >= 0.3 is 0 Å². The summed E-state index contributed by atoms with van der Waals surface area (Å²) in [6.07, 6.45) is 5.95. The van der Waals surface area contributed by atoms with Crippen LogP contribution in [0.1, 0.15) is 23.3 Å². The van der Waals surface area contributed by atoms with Crippen LogP contribution < -0.4 is 5.32 Å². The van der Waals surface area contributed by atoms with E-state index in [-0.39, 0.29) is 0 Å². The summed E-state index contributed by atoms with van der Waals surface area (Å²) >= 11 is 1.98. The summed E-state index contributed by atoms with van der Waals surface area (Å²) in [7, 11) is 4.31. The van der Waals surface area contributed by atoms with Crippen LogP contribution in [0.5, 0.6) is 0 Å². The number of thiophene rings is 1. The second kappa shape index (κ2) is 6.73. The van der Waals surface area contributed by atoms with Crippen molar-refractivity contribution >= 4 is 27.0 Å². The van der Waals surface area contributed by atoms with Crippen molar-refractivity contribution in [1.29, 1.82) is 0 Å². The van der Waals surface area contributed by atoms with Crippen LogP contribution in [-0.4, -0.2) is 38.6 Å². The number of rotatable bonds is 5. The third-order valence-electron chi connectivity index (χ3n) is 4.09. The van der Waals surface area contributed by atoms with Gasteiger partial charge in [0.15, 0.2) is 0 Å². The van der Waals surface area contributed by atoms with Crippen molar-refractivity contribution < 1.29 is 0 Å². The molecule has 0 amide bonds. The topological polar surface area (TPSA) is 15.3 Å². The molecule has 1 N–H and O–H groups in total. The van der Waals surface area contributed by atoms with Gasteiger partial charge in [0.05, 0.1) is 0 Å². The fourth-order valence-electron chi connectivity index (χ4n) is 3.01. The van der Waals surface area contributed by atoms with E-state index < -0.39 is 0 Å². The fraction of sp³-hybridized carbons (Fsp3) is 0.444. The Kier molecular flexibility index (Phi) is 4.73. The standard InChI is InChI=1S/C18H24N2S/c1-20(2)13-5-7-16-15-6-3-4-8-17(15)21-18(16)14-9-11-19-12-10-14/h3-4,6,8-9,19H,5,7,10-13H2,1-2H3. The molecule has 21 heavy (non-hydrogen) atoms. The molecule has 0 saturated heterocycles. The number of benzene rings is 1. The Labute approximate surface area is 131 Å². The van der Waals surface area contributed by atoms with Gasteiger partial charge in [-0.25, -0.2) is 0 Å². The maximum atomic E-state index is 3.42. The van der Waals surface area contributed by atoms with E-state index in [9.17, 15) is 0 Å². The Morgan fingerprint density at radius 1 is 1.24 bits per heavy atom. The minimum Gasteiger partial charge on any atom is -0.313 e. The van der Waals surface area contributed by atoms with Crippen LogP contribution in [0, 0.1) is 0 Å². The van der Waals surface area contributed by atoms with Crippen molar-refractivity contribution in [3.05, 3.63) is 40.8 Å². The van der Waals surface area contributed by atoms with E-state index in [1.807, 2.05) is 11.3 Å². The summed E-state index contributed by atoms with van der Waals surface area (Å²) in [5.41, 5.74) is 3.13. The molecule has 3 rings (SSSR count). The highest BCUT2D eigenvalue weighted by Crippen LogP contribution is 2.38. The zero-order chi connectivity index (χ0) is 14.7. The molecule has 0 saturated carbocycles. The zero-order valence-electron chi connectivity index (χ0n) is 13.0. The smallest absolute Gasteiger partial charge is 0.0352 e. The first-order valence-electron chi connectivity index (χ1n) is 7.81. The van der Waals surface area contributed by atoms with Crippen LogP contribution in [0.2, 0.25) is 0 Å². The molecule has 0 radical (unpaired) electrons. The predicted molar refractivity (Wildman–Crippen MR) is 94.2 cm³/mol. The van der Waals surface area contributed by atoms with Gasteiger partial charge < -0.3 is 10.2 Å². The number of nitrogens with zero attached hydrogens (tertiary/aromatic N) is 1. The molecule has 2 aromatic rings. The van der Waals surface area contributed by atoms with Gasteiger partial charge in [-0.05, 0) is 69.0 Å². The first-order chi connectivity index (χ1) is 10.3. The quantitative estimate of drug-likeness (QED) is 0.904. The largest absolute Gasteiger partial charge is 0.313 e. The number of nitrogens with one attached hydrogen (secondary N) is 1. The molecule has 0 bridgehead atoms. The maximum Gasteiger partial charge on any atom is 0.0352 e. The lowest BCUT2D eigenvalue weighted by Gasteiger charge is -2.15. The van der Waals surface area contributed by atoms with Crippen LogP contribution in [0.4, 0.5) is 0 Å². The van der Waals surface area contributed by atoms with Crippen LogP contribution in [-0.2, 0) is 6.42 Å². The first kappa shape index (κ1) is 14.8. The highest BCUT2D eigenvalue weighted by molar-refractivity contribution is 7.20. The van der Waals surface area contributed by atoms with Gasteiger partial charge in [-0.2, -0.15) is 0 Å². The van der Waals surface area contributed by atoms with E-state index in [0.29, 0.717) is 0 Å². The minimum absolute atomic E-state index is 1.01. The Bertz CT molecular complexity index is 640. The lowest BCUT2D eigenvalue weighted by molar-refractivity contribution is 0.400. The summed E-state index contributed by atoms with van der Waals surface area (Å²) in [6, 6.07) is 8.89. The van der Waals surface area contributed by atoms with Crippen molar-refractivity contribution in [3.8, 4) is 0 Å². The zero-order valence-corrected chi connectivity index (χ0v) is 13.8. The van der Waals surface area contributed by atoms with Gasteiger partial charge in [0.2, 0.25) is 0 Å². The summed E-state index contributed by atoms with van der Waals surface area (Å²) < 4.78 is 1.44. The number of aryl methyl sites for hydroxylation is 1. The molecule has 0 fully saturated rings. The molecule has 1 aromatic carbocycles. The summed E-state index contributed by atoms with van der Waals surface area (Å²) in [5.74, 6) is 0. The van der Waals surface area contributed by atoms with Crippen LogP contribution in [0.15, 0.2) is 30.3 Å². The third-order valence-corrected chi connectivity index (χ3v) is 5.37. The molecule has 0 spiro atoms.